The summed E-state index contributed by atoms with van der Waals surface area (Å²) in [4.78, 5) is 37.7. The number of nitrogens with zero attached hydrogens (tertiary/aromatic N) is 2. The van der Waals surface area contributed by atoms with Gasteiger partial charge in [0.05, 0.1) is 24.7 Å². The summed E-state index contributed by atoms with van der Waals surface area (Å²) in [5.74, 6) is -0.193. The maximum Gasteiger partial charge on any atom is 0.286 e. The zero-order chi connectivity index (χ0) is 22.1. The van der Waals surface area contributed by atoms with Crippen molar-refractivity contribution in [2.75, 3.05) is 47.1 Å². The molecule has 30 heavy (non-hydrogen) atoms. The molecule has 1 aliphatic rings. The first-order valence-electron chi connectivity index (χ1n) is 9.98. The Morgan fingerprint density at radius 1 is 1.23 bits per heavy atom. The highest BCUT2D eigenvalue weighted by molar-refractivity contribution is 5.99. The van der Waals surface area contributed by atoms with Crippen LogP contribution in [0.25, 0.3) is 0 Å². The molecule has 2 rings (SSSR count). The minimum atomic E-state index is -0.605. The van der Waals surface area contributed by atoms with Crippen LogP contribution in [-0.4, -0.2) is 68.7 Å². The second-order valence-electron chi connectivity index (χ2n) is 6.91. The molecule has 0 aliphatic carbocycles. The number of amides is 2. The van der Waals surface area contributed by atoms with Crippen LogP contribution < -0.4 is 14.8 Å². The van der Waals surface area contributed by atoms with Crippen molar-refractivity contribution < 1.29 is 28.7 Å². The quantitative estimate of drug-likeness (QED) is 0.347. The molecule has 0 bridgehead atoms. The van der Waals surface area contributed by atoms with E-state index >= 15 is 0 Å². The molecule has 1 aromatic rings. The number of ether oxygens (including phenoxy) is 3. The third kappa shape index (κ3) is 5.82. The van der Waals surface area contributed by atoms with Crippen molar-refractivity contribution in [2.24, 2.45) is 5.92 Å². The summed E-state index contributed by atoms with van der Waals surface area (Å²) in [5, 5.41) is 14.4. The fourth-order valence-corrected chi connectivity index (χ4v) is 3.39. The summed E-state index contributed by atoms with van der Waals surface area (Å²) in [6.45, 7) is 3.92. The van der Waals surface area contributed by atoms with Gasteiger partial charge in [-0.25, -0.2) is 0 Å². The lowest BCUT2D eigenvalue weighted by Gasteiger charge is -2.31. The molecule has 1 aliphatic heterocycles. The van der Waals surface area contributed by atoms with E-state index in [4.69, 9.17) is 14.2 Å². The van der Waals surface area contributed by atoms with Crippen LogP contribution in [0.15, 0.2) is 12.1 Å². The number of nitrogens with one attached hydrogen (secondary N) is 1. The molecule has 0 saturated carbocycles. The van der Waals surface area contributed by atoms with E-state index in [0.29, 0.717) is 45.7 Å². The molecule has 1 N–H and O–H groups in total. The van der Waals surface area contributed by atoms with E-state index in [0.717, 1.165) is 6.42 Å². The molecular weight excluding hydrogens is 394 g/mol. The lowest BCUT2D eigenvalue weighted by Crippen LogP contribution is -2.43. The van der Waals surface area contributed by atoms with Crippen LogP contribution in [0.4, 0.5) is 5.69 Å². The van der Waals surface area contributed by atoms with Gasteiger partial charge in [-0.15, -0.1) is 0 Å². The van der Waals surface area contributed by atoms with Crippen molar-refractivity contribution >= 4 is 17.5 Å². The molecule has 10 heteroatoms. The molecular formula is C20H29N3O7. The van der Waals surface area contributed by atoms with Crippen LogP contribution in [0, 0.1) is 16.0 Å². The Kier molecular flexibility index (Phi) is 8.85. The third-order valence-electron chi connectivity index (χ3n) is 4.99. The molecule has 1 saturated heterocycles. The maximum absolute atomic E-state index is 13.0. The zero-order valence-electron chi connectivity index (χ0n) is 17.6. The number of benzene rings is 1. The fraction of sp³-hybridized carbons (Fsp3) is 0.600. The van der Waals surface area contributed by atoms with E-state index in [-0.39, 0.29) is 34.6 Å². The van der Waals surface area contributed by atoms with E-state index in [1.54, 1.807) is 18.9 Å². The van der Waals surface area contributed by atoms with Gasteiger partial charge in [0.15, 0.2) is 11.5 Å². The van der Waals surface area contributed by atoms with Crippen LogP contribution in [-0.2, 0) is 9.53 Å². The van der Waals surface area contributed by atoms with E-state index in [1.807, 2.05) is 0 Å². The van der Waals surface area contributed by atoms with E-state index in [9.17, 15) is 19.7 Å². The van der Waals surface area contributed by atoms with E-state index < -0.39 is 10.8 Å². The highest BCUT2D eigenvalue weighted by Gasteiger charge is 2.32. The number of piperidine rings is 1. The van der Waals surface area contributed by atoms with Crippen molar-refractivity contribution in [2.45, 2.75) is 26.2 Å². The van der Waals surface area contributed by atoms with Gasteiger partial charge in [-0.1, -0.05) is 0 Å². The van der Waals surface area contributed by atoms with Gasteiger partial charge in [0, 0.05) is 45.3 Å². The van der Waals surface area contributed by atoms with Crippen molar-refractivity contribution in [1.29, 1.82) is 0 Å². The molecule has 2 amide bonds. The van der Waals surface area contributed by atoms with Gasteiger partial charge >= 0.3 is 0 Å². The molecule has 0 atom stereocenters. The van der Waals surface area contributed by atoms with Crippen LogP contribution in [0.5, 0.6) is 11.5 Å². The number of likely N-dealkylation sites (tertiary alicyclic amines) is 1. The van der Waals surface area contributed by atoms with Crippen molar-refractivity contribution in [3.05, 3.63) is 27.8 Å². The summed E-state index contributed by atoms with van der Waals surface area (Å²) in [6.07, 6.45) is 1.75. The van der Waals surface area contributed by atoms with Crippen molar-refractivity contribution in [1.82, 2.24) is 10.2 Å². The Morgan fingerprint density at radius 3 is 2.50 bits per heavy atom. The van der Waals surface area contributed by atoms with Gasteiger partial charge in [0.2, 0.25) is 5.91 Å². The first-order valence-corrected chi connectivity index (χ1v) is 9.98. The predicted molar refractivity (Wildman–Crippen MR) is 109 cm³/mol. The molecule has 10 nitrogen and oxygen atoms in total. The van der Waals surface area contributed by atoms with Gasteiger partial charge in [-0.05, 0) is 26.2 Å². The van der Waals surface area contributed by atoms with Crippen molar-refractivity contribution in [3.8, 4) is 11.5 Å². The number of carbonyl (C=O) groups is 2. The maximum atomic E-state index is 13.0. The molecule has 0 aromatic heterocycles. The number of nitro groups is 1. The van der Waals surface area contributed by atoms with Gasteiger partial charge < -0.3 is 24.4 Å². The normalized spacial score (nSPS) is 14.3. The largest absolute Gasteiger partial charge is 0.493 e. The highest BCUT2D eigenvalue weighted by atomic mass is 16.6. The lowest BCUT2D eigenvalue weighted by atomic mass is 9.95. The van der Waals surface area contributed by atoms with Gasteiger partial charge in [-0.2, -0.15) is 0 Å². The number of methoxy groups -OCH3 is 2. The Morgan fingerprint density at radius 2 is 1.93 bits per heavy atom. The predicted octanol–water partition coefficient (Wildman–Crippen LogP) is 2.01. The standard InChI is InChI=1S/C20H29N3O7/c1-4-30-18-12-15(16(23(26)27)13-17(18)29-3)20(25)22-9-6-14(7-10-22)19(24)21-8-5-11-28-2/h12-14H,4-11H2,1-3H3,(H,21,24). The zero-order valence-corrected chi connectivity index (χ0v) is 17.6. The van der Waals surface area contributed by atoms with Crippen LogP contribution in [0.1, 0.15) is 36.5 Å². The summed E-state index contributed by atoms with van der Waals surface area (Å²) in [5.41, 5.74) is -0.384. The molecule has 0 unspecified atom stereocenters. The minimum Gasteiger partial charge on any atom is -0.493 e. The second-order valence-corrected chi connectivity index (χ2v) is 6.91. The summed E-state index contributed by atoms with van der Waals surface area (Å²) >= 11 is 0. The topological polar surface area (TPSA) is 120 Å². The van der Waals surface area contributed by atoms with E-state index in [1.165, 1.54) is 19.2 Å². The molecule has 1 heterocycles. The van der Waals surface area contributed by atoms with E-state index in [2.05, 4.69) is 5.32 Å². The Labute approximate surface area is 175 Å². The molecule has 0 spiro atoms. The summed E-state index contributed by atoms with van der Waals surface area (Å²) in [7, 11) is 2.99. The number of hydrogen-bond donors (Lipinski definition) is 1. The smallest absolute Gasteiger partial charge is 0.286 e. The number of carbonyl (C=O) groups excluding carboxylic acids is 2. The van der Waals surface area contributed by atoms with Crippen LogP contribution in [0.2, 0.25) is 0 Å². The average molecular weight is 423 g/mol. The number of rotatable bonds is 10. The highest BCUT2D eigenvalue weighted by Crippen LogP contribution is 2.35. The monoisotopic (exact) mass is 423 g/mol. The van der Waals surface area contributed by atoms with Crippen LogP contribution >= 0.6 is 0 Å². The lowest BCUT2D eigenvalue weighted by molar-refractivity contribution is -0.385. The second kappa shape index (κ2) is 11.3. The minimum absolute atomic E-state index is 0.0349. The molecule has 0 radical (unpaired) electrons. The van der Waals surface area contributed by atoms with Gasteiger partial charge in [-0.3, -0.25) is 19.7 Å². The summed E-state index contributed by atoms with van der Waals surface area (Å²) in [6, 6.07) is 2.57. The first kappa shape index (κ1) is 23.4. The summed E-state index contributed by atoms with van der Waals surface area (Å²) < 4.78 is 15.6. The van der Waals surface area contributed by atoms with Crippen LogP contribution in [0.3, 0.4) is 0 Å². The Hall–Kier alpha value is -2.88. The molecule has 166 valence electrons. The SMILES string of the molecule is CCOc1cc(C(=O)N2CCC(C(=O)NCCCOC)CC2)c([N+](=O)[O-])cc1OC. The first-order chi connectivity index (χ1) is 14.4. The number of nitro benzene ring substituents is 1. The Balaban J connectivity index is 2.08. The van der Waals surface area contributed by atoms with Gasteiger partial charge in [0.1, 0.15) is 5.56 Å². The van der Waals surface area contributed by atoms with Gasteiger partial charge in [0.25, 0.3) is 11.6 Å². The van der Waals surface area contributed by atoms with Crippen molar-refractivity contribution in [3.63, 3.8) is 0 Å². The molecule has 1 fully saturated rings. The average Bonchev–Trinajstić information content (AvgIpc) is 2.76. The number of hydrogen-bond acceptors (Lipinski definition) is 7. The Bertz CT molecular complexity index is 761. The third-order valence-corrected chi connectivity index (χ3v) is 4.99. The molecule has 1 aromatic carbocycles. The fourth-order valence-electron chi connectivity index (χ4n) is 3.39.